The van der Waals surface area contributed by atoms with Crippen molar-refractivity contribution in [1.29, 1.82) is 0 Å². The molecule has 0 saturated carbocycles. The van der Waals surface area contributed by atoms with E-state index in [1.165, 1.54) is 18.2 Å². The van der Waals surface area contributed by atoms with Gasteiger partial charge < -0.3 is 15.6 Å². The van der Waals surface area contributed by atoms with Crippen LogP contribution in [0, 0.1) is 0 Å². The molecule has 2 aromatic carbocycles. The van der Waals surface area contributed by atoms with Gasteiger partial charge in [-0.1, -0.05) is 29.3 Å². The number of amides is 1. The number of carbonyl (C=O) groups is 2. The van der Waals surface area contributed by atoms with Gasteiger partial charge in [-0.25, -0.2) is 4.79 Å². The fourth-order valence-corrected chi connectivity index (χ4v) is 2.47. The highest BCUT2D eigenvalue weighted by Gasteiger charge is 2.14. The number of hydrogen-bond donors (Lipinski definition) is 2. The number of hydrogen-bond acceptors (Lipinski definition) is 3. The van der Waals surface area contributed by atoms with Gasteiger partial charge in [-0.2, -0.15) is 0 Å². The van der Waals surface area contributed by atoms with Crippen LogP contribution in [0.5, 0.6) is 5.75 Å². The van der Waals surface area contributed by atoms with Crippen LogP contribution in [0.2, 0.25) is 10.0 Å². The van der Waals surface area contributed by atoms with Crippen LogP contribution in [0.3, 0.4) is 0 Å². The number of benzene rings is 2. The van der Waals surface area contributed by atoms with Crippen molar-refractivity contribution in [2.45, 2.75) is 6.42 Å². The van der Waals surface area contributed by atoms with E-state index in [1.807, 2.05) is 0 Å². The standard InChI is InChI=1S/C16H13Cl2NO4/c17-11-3-1-9(13(18)8-11)5-6-23-14-7-10(15(19)20)2-4-12(14)16(21)22/h1-4,7-8H,5-6H2,(H2,19,20)(H,21,22). The molecule has 0 spiro atoms. The lowest BCUT2D eigenvalue weighted by atomic mass is 10.1. The summed E-state index contributed by atoms with van der Waals surface area (Å²) in [6.45, 7) is 0.184. The smallest absolute Gasteiger partial charge is 0.339 e. The molecular weight excluding hydrogens is 341 g/mol. The van der Waals surface area contributed by atoms with Crippen molar-refractivity contribution in [3.8, 4) is 5.75 Å². The molecule has 3 N–H and O–H groups in total. The second-order valence-corrected chi connectivity index (χ2v) is 5.56. The molecule has 0 fully saturated rings. The van der Waals surface area contributed by atoms with E-state index in [9.17, 15) is 9.59 Å². The molecule has 2 aromatic rings. The molecular formula is C16H13Cl2NO4. The van der Waals surface area contributed by atoms with E-state index in [4.69, 9.17) is 38.8 Å². The number of halogens is 2. The number of nitrogens with two attached hydrogens (primary N) is 1. The molecule has 0 atom stereocenters. The number of primary amides is 1. The molecule has 0 heterocycles. The van der Waals surface area contributed by atoms with E-state index in [1.54, 1.807) is 18.2 Å². The minimum atomic E-state index is -1.15. The fourth-order valence-electron chi connectivity index (χ4n) is 1.97. The first-order valence-corrected chi connectivity index (χ1v) is 7.38. The number of carboxylic acids is 1. The molecule has 120 valence electrons. The Labute approximate surface area is 142 Å². The molecule has 0 aliphatic heterocycles. The molecule has 0 aromatic heterocycles. The minimum absolute atomic E-state index is 0.0443. The Morgan fingerprint density at radius 2 is 1.87 bits per heavy atom. The zero-order valence-corrected chi connectivity index (χ0v) is 13.4. The van der Waals surface area contributed by atoms with E-state index in [0.717, 1.165) is 5.56 Å². The molecule has 7 heteroatoms. The van der Waals surface area contributed by atoms with Gasteiger partial charge in [0.05, 0.1) is 6.61 Å². The summed E-state index contributed by atoms with van der Waals surface area (Å²) in [6, 6.07) is 9.04. The zero-order chi connectivity index (χ0) is 17.0. The van der Waals surface area contributed by atoms with Crippen molar-refractivity contribution in [1.82, 2.24) is 0 Å². The third-order valence-electron chi connectivity index (χ3n) is 3.14. The Morgan fingerprint density at radius 3 is 2.48 bits per heavy atom. The number of carboxylic acid groups (broad SMARTS) is 1. The van der Waals surface area contributed by atoms with Crippen LogP contribution < -0.4 is 10.5 Å². The van der Waals surface area contributed by atoms with Crippen LogP contribution in [0.15, 0.2) is 36.4 Å². The second-order valence-electron chi connectivity index (χ2n) is 4.71. The van der Waals surface area contributed by atoms with Gasteiger partial charge in [0, 0.05) is 22.0 Å². The molecule has 5 nitrogen and oxygen atoms in total. The van der Waals surface area contributed by atoms with Crippen LogP contribution >= 0.6 is 23.2 Å². The summed E-state index contributed by atoms with van der Waals surface area (Å²) in [4.78, 5) is 22.4. The third kappa shape index (κ3) is 4.37. The normalized spacial score (nSPS) is 10.3. The molecule has 1 amide bonds. The monoisotopic (exact) mass is 353 g/mol. The van der Waals surface area contributed by atoms with Gasteiger partial charge in [-0.15, -0.1) is 0 Å². The molecule has 0 aliphatic rings. The molecule has 2 rings (SSSR count). The molecule has 0 radical (unpaired) electrons. The topological polar surface area (TPSA) is 89.6 Å². The van der Waals surface area contributed by atoms with Gasteiger partial charge >= 0.3 is 5.97 Å². The van der Waals surface area contributed by atoms with Crippen LogP contribution in [-0.4, -0.2) is 23.6 Å². The summed E-state index contributed by atoms with van der Waals surface area (Å²) in [5.41, 5.74) is 6.14. The maximum Gasteiger partial charge on any atom is 0.339 e. The second kappa shape index (κ2) is 7.35. The van der Waals surface area contributed by atoms with Gasteiger partial charge in [-0.05, 0) is 35.9 Å². The van der Waals surface area contributed by atoms with Crippen LogP contribution in [0.4, 0.5) is 0 Å². The zero-order valence-electron chi connectivity index (χ0n) is 11.9. The van der Waals surface area contributed by atoms with Gasteiger partial charge in [-0.3, -0.25) is 4.79 Å². The van der Waals surface area contributed by atoms with E-state index in [-0.39, 0.29) is 23.5 Å². The lowest BCUT2D eigenvalue weighted by Gasteiger charge is -2.11. The third-order valence-corrected chi connectivity index (χ3v) is 3.73. The highest BCUT2D eigenvalue weighted by atomic mass is 35.5. The number of carbonyl (C=O) groups excluding carboxylic acids is 1. The predicted molar refractivity (Wildman–Crippen MR) is 87.6 cm³/mol. The maximum atomic E-state index is 11.2. The number of aromatic carboxylic acids is 1. The van der Waals surface area contributed by atoms with E-state index in [0.29, 0.717) is 16.5 Å². The summed E-state index contributed by atoms with van der Waals surface area (Å²) in [5.74, 6) is -1.73. The lowest BCUT2D eigenvalue weighted by Crippen LogP contribution is -2.13. The summed E-state index contributed by atoms with van der Waals surface area (Å²) in [7, 11) is 0. The summed E-state index contributed by atoms with van der Waals surface area (Å²) < 4.78 is 5.50. The van der Waals surface area contributed by atoms with Crippen molar-refractivity contribution in [3.63, 3.8) is 0 Å². The number of rotatable bonds is 6. The first-order chi connectivity index (χ1) is 10.9. The van der Waals surface area contributed by atoms with Gasteiger partial charge in [0.25, 0.3) is 0 Å². The van der Waals surface area contributed by atoms with Crippen molar-refractivity contribution in [2.24, 2.45) is 5.73 Å². The van der Waals surface area contributed by atoms with Crippen molar-refractivity contribution >= 4 is 35.1 Å². The predicted octanol–water partition coefficient (Wildman–Crippen LogP) is 3.41. The first-order valence-electron chi connectivity index (χ1n) is 6.62. The molecule has 0 aliphatic carbocycles. The Morgan fingerprint density at radius 1 is 1.13 bits per heavy atom. The highest BCUT2D eigenvalue weighted by Crippen LogP contribution is 2.23. The number of ether oxygens (including phenoxy) is 1. The summed E-state index contributed by atoms with van der Waals surface area (Å²) in [5, 5.41) is 10.2. The molecule has 23 heavy (non-hydrogen) atoms. The SMILES string of the molecule is NC(=O)c1ccc(C(=O)O)c(OCCc2ccc(Cl)cc2Cl)c1. The highest BCUT2D eigenvalue weighted by molar-refractivity contribution is 6.35. The molecule has 0 bridgehead atoms. The largest absolute Gasteiger partial charge is 0.492 e. The average molecular weight is 354 g/mol. The van der Waals surface area contributed by atoms with E-state index in [2.05, 4.69) is 0 Å². The van der Waals surface area contributed by atoms with Gasteiger partial charge in [0.2, 0.25) is 5.91 Å². The van der Waals surface area contributed by atoms with Crippen LogP contribution in [0.25, 0.3) is 0 Å². The summed E-state index contributed by atoms with van der Waals surface area (Å²) in [6.07, 6.45) is 0.454. The Balaban J connectivity index is 2.14. The minimum Gasteiger partial charge on any atom is -0.492 e. The van der Waals surface area contributed by atoms with E-state index >= 15 is 0 Å². The Kier molecular flexibility index (Phi) is 5.47. The van der Waals surface area contributed by atoms with Crippen LogP contribution in [0.1, 0.15) is 26.3 Å². The lowest BCUT2D eigenvalue weighted by molar-refractivity contribution is 0.0691. The van der Waals surface area contributed by atoms with Crippen LogP contribution in [-0.2, 0) is 6.42 Å². The summed E-state index contributed by atoms with van der Waals surface area (Å²) >= 11 is 11.9. The van der Waals surface area contributed by atoms with Gasteiger partial charge in [0.1, 0.15) is 11.3 Å². The average Bonchev–Trinajstić information content (AvgIpc) is 2.49. The van der Waals surface area contributed by atoms with E-state index < -0.39 is 11.9 Å². The fraction of sp³-hybridized carbons (Fsp3) is 0.125. The Bertz CT molecular complexity index is 762. The Hall–Kier alpha value is -2.24. The quantitative estimate of drug-likeness (QED) is 0.832. The van der Waals surface area contributed by atoms with Crippen molar-refractivity contribution in [2.75, 3.05) is 6.61 Å². The van der Waals surface area contributed by atoms with Crippen molar-refractivity contribution in [3.05, 3.63) is 63.1 Å². The van der Waals surface area contributed by atoms with Gasteiger partial charge in [0.15, 0.2) is 0 Å². The maximum absolute atomic E-state index is 11.2. The van der Waals surface area contributed by atoms with Crippen molar-refractivity contribution < 1.29 is 19.4 Å². The molecule has 0 saturated heterocycles. The molecule has 0 unspecified atom stereocenters. The first kappa shape index (κ1) is 17.1.